The van der Waals surface area contributed by atoms with Crippen molar-refractivity contribution in [3.8, 4) is 18.4 Å². The normalized spacial score (nSPS) is 18.1. The average Bonchev–Trinajstić information content (AvgIpc) is 3.62. The number of aromatic nitrogens is 1. The lowest BCUT2D eigenvalue weighted by molar-refractivity contribution is 0.259. The first-order valence-electron chi connectivity index (χ1n) is 12.6. The van der Waals surface area contributed by atoms with E-state index in [2.05, 4.69) is 70.5 Å². The third-order valence-electron chi connectivity index (χ3n) is 6.62. The van der Waals surface area contributed by atoms with Gasteiger partial charge in [-0.1, -0.05) is 56.5 Å². The first-order valence-corrected chi connectivity index (χ1v) is 13.0. The number of nitrogens with zero attached hydrogens (tertiary/aromatic N) is 3. The molecule has 0 radical (unpaired) electrons. The molecule has 7 nitrogen and oxygen atoms in total. The van der Waals surface area contributed by atoms with E-state index in [1.807, 2.05) is 13.9 Å². The molecular formula is C28H32BClFN7. The van der Waals surface area contributed by atoms with Gasteiger partial charge in [-0.05, 0) is 36.0 Å². The summed E-state index contributed by atoms with van der Waals surface area (Å²) in [6.45, 7) is 7.32. The highest BCUT2D eigenvalue weighted by Gasteiger charge is 2.37. The molecule has 1 atom stereocenters. The number of hydrazine groups is 2. The zero-order valence-electron chi connectivity index (χ0n) is 22.1. The third kappa shape index (κ3) is 6.14. The van der Waals surface area contributed by atoms with Gasteiger partial charge in [0, 0.05) is 36.7 Å². The Morgan fingerprint density at radius 3 is 2.66 bits per heavy atom. The van der Waals surface area contributed by atoms with E-state index in [1.54, 1.807) is 12.1 Å². The Morgan fingerprint density at radius 1 is 1.34 bits per heavy atom. The van der Waals surface area contributed by atoms with Gasteiger partial charge < -0.3 is 16.1 Å². The van der Waals surface area contributed by atoms with Crippen molar-refractivity contribution in [1.29, 1.82) is 5.26 Å². The predicted molar refractivity (Wildman–Crippen MR) is 153 cm³/mol. The molecule has 1 aliphatic heterocycles. The Balaban J connectivity index is 1.76. The Labute approximate surface area is 229 Å². The molecule has 1 saturated carbocycles. The third-order valence-corrected chi connectivity index (χ3v) is 6.91. The molecule has 2 aliphatic rings. The Kier molecular flexibility index (Phi) is 8.03. The predicted octanol–water partition coefficient (Wildman–Crippen LogP) is 1.72. The number of hydrogen-bond donors (Lipinski definition) is 4. The summed E-state index contributed by atoms with van der Waals surface area (Å²) in [7, 11) is 2.04. The second-order valence-electron chi connectivity index (χ2n) is 10.9. The van der Waals surface area contributed by atoms with Crippen molar-refractivity contribution in [2.45, 2.75) is 45.1 Å². The Hall–Kier alpha value is -3.50. The summed E-state index contributed by atoms with van der Waals surface area (Å²) in [4.78, 5) is 4.41. The number of nitriles is 1. The molecule has 0 spiro atoms. The minimum atomic E-state index is -0.695. The lowest BCUT2D eigenvalue weighted by Crippen LogP contribution is -2.50. The first kappa shape index (κ1) is 27.5. The van der Waals surface area contributed by atoms with Crippen LogP contribution in [0.5, 0.6) is 0 Å². The molecule has 38 heavy (non-hydrogen) atoms. The van der Waals surface area contributed by atoms with Crippen LogP contribution in [0.4, 0.5) is 10.1 Å². The van der Waals surface area contributed by atoms with Crippen LogP contribution in [-0.2, 0) is 5.44 Å². The minimum absolute atomic E-state index is 0.0342. The highest BCUT2D eigenvalue weighted by atomic mass is 35.5. The van der Waals surface area contributed by atoms with Crippen molar-refractivity contribution < 1.29 is 4.39 Å². The summed E-state index contributed by atoms with van der Waals surface area (Å²) in [5.74, 6) is 2.16. The van der Waals surface area contributed by atoms with Crippen molar-refractivity contribution in [1.82, 2.24) is 26.3 Å². The summed E-state index contributed by atoms with van der Waals surface area (Å²) < 4.78 is 13.8. The summed E-state index contributed by atoms with van der Waals surface area (Å²) in [6.07, 6.45) is 13.3. The fourth-order valence-corrected chi connectivity index (χ4v) is 4.37. The topological polar surface area (TPSA) is 88.0 Å². The number of pyridine rings is 1. The summed E-state index contributed by atoms with van der Waals surface area (Å²) in [6, 6.07) is 9.13. The molecule has 0 unspecified atom stereocenters. The fraction of sp³-hybridized carbons (Fsp3) is 0.357. The number of hydrogen-bond acceptors (Lipinski definition) is 7. The van der Waals surface area contributed by atoms with E-state index in [0.717, 1.165) is 24.1 Å². The average molecular weight is 532 g/mol. The minimum Gasteiger partial charge on any atom is -0.383 e. The molecule has 1 aliphatic carbocycles. The van der Waals surface area contributed by atoms with Gasteiger partial charge in [-0.25, -0.2) is 4.39 Å². The fourth-order valence-electron chi connectivity index (χ4n) is 4.22. The molecule has 1 fully saturated rings. The van der Waals surface area contributed by atoms with Gasteiger partial charge in [0.1, 0.15) is 24.8 Å². The second-order valence-corrected chi connectivity index (χ2v) is 11.3. The Bertz CT molecular complexity index is 1430. The number of nitrogens with one attached hydrogen (secondary N) is 4. The van der Waals surface area contributed by atoms with Gasteiger partial charge in [-0.2, -0.15) is 5.26 Å². The van der Waals surface area contributed by atoms with Gasteiger partial charge in [-0.15, -0.1) is 12.0 Å². The van der Waals surface area contributed by atoms with E-state index in [9.17, 15) is 9.65 Å². The van der Waals surface area contributed by atoms with Gasteiger partial charge in [0.05, 0.1) is 27.7 Å². The largest absolute Gasteiger partial charge is 0.383 e. The van der Waals surface area contributed by atoms with Gasteiger partial charge in [0.25, 0.3) is 0 Å². The molecule has 2 heterocycles. The lowest BCUT2D eigenvalue weighted by Gasteiger charge is -2.32. The van der Waals surface area contributed by atoms with Crippen LogP contribution in [0.3, 0.4) is 0 Å². The second kappa shape index (κ2) is 11.1. The van der Waals surface area contributed by atoms with E-state index in [0.29, 0.717) is 40.9 Å². The number of halogens is 2. The van der Waals surface area contributed by atoms with E-state index >= 15 is 0 Å². The number of rotatable bonds is 8. The van der Waals surface area contributed by atoms with Gasteiger partial charge in [0.2, 0.25) is 0 Å². The van der Waals surface area contributed by atoms with Crippen LogP contribution in [0.25, 0.3) is 11.1 Å². The van der Waals surface area contributed by atoms with E-state index in [1.165, 1.54) is 18.3 Å². The maximum Gasteiger partial charge on any atom is 0.141 e. The molecular weight excluding hydrogens is 500 g/mol. The van der Waals surface area contributed by atoms with Crippen molar-refractivity contribution in [3.63, 3.8) is 0 Å². The Morgan fingerprint density at radius 2 is 2.05 bits per heavy atom. The van der Waals surface area contributed by atoms with E-state index < -0.39 is 5.44 Å². The highest BCUT2D eigenvalue weighted by molar-refractivity contribution is 6.48. The molecule has 2 aromatic rings. The lowest BCUT2D eigenvalue weighted by atomic mass is 9.69. The molecule has 4 rings (SSSR count). The molecule has 0 amide bonds. The zero-order chi connectivity index (χ0) is 27.5. The van der Waals surface area contributed by atoms with Crippen LogP contribution in [0, 0.1) is 34.9 Å². The monoisotopic (exact) mass is 531 g/mol. The summed E-state index contributed by atoms with van der Waals surface area (Å²) in [5, 5.41) is 20.1. The van der Waals surface area contributed by atoms with Crippen molar-refractivity contribution in [3.05, 3.63) is 69.9 Å². The molecule has 1 aromatic heterocycles. The molecule has 0 saturated heterocycles. The van der Waals surface area contributed by atoms with Gasteiger partial charge >= 0.3 is 0 Å². The maximum atomic E-state index is 13.8. The van der Waals surface area contributed by atoms with Crippen LogP contribution >= 0.6 is 11.6 Å². The van der Waals surface area contributed by atoms with Crippen LogP contribution in [0.2, 0.25) is 0 Å². The van der Waals surface area contributed by atoms with Crippen LogP contribution in [0.1, 0.15) is 44.7 Å². The van der Waals surface area contributed by atoms with Crippen molar-refractivity contribution in [2.24, 2.45) is 5.41 Å². The van der Waals surface area contributed by atoms with Gasteiger partial charge in [0.15, 0.2) is 0 Å². The van der Waals surface area contributed by atoms with Crippen molar-refractivity contribution >= 4 is 36.2 Å². The number of benzene rings is 1. The summed E-state index contributed by atoms with van der Waals surface area (Å²) in [5.41, 5.74) is 8.58. The smallest absolute Gasteiger partial charge is 0.141 e. The highest BCUT2D eigenvalue weighted by Crippen LogP contribution is 2.31. The molecule has 0 bridgehead atoms. The summed E-state index contributed by atoms with van der Waals surface area (Å²) >= 11 is 6.39. The van der Waals surface area contributed by atoms with Crippen LogP contribution in [-0.4, -0.2) is 37.0 Å². The number of anilines is 1. The van der Waals surface area contributed by atoms with Crippen LogP contribution in [0.15, 0.2) is 42.4 Å². The molecule has 1 aromatic carbocycles. The molecule has 196 valence electrons. The SMILES string of the molecule is B[C@@](NC/C=c1/c(NCC(C)(C)C)c(C#N)cn/c1=C(\Cl)C#C)(C1=CN(C2CC2)NN1)c1ccc(F)cc1. The zero-order valence-corrected chi connectivity index (χ0v) is 22.9. The van der Waals surface area contributed by atoms with Crippen LogP contribution < -0.4 is 32.2 Å². The standard InChI is InChI=1S/C28H32BClFN7/c1-5-23(30)26-22(25(18(14-32)15-33-26)34-17-27(2,3)4)12-13-35-28(29,19-6-8-20(31)9-7-19)24-16-38(37-36-24)21-10-11-21/h1,6-9,12,15-16,21,34-37H,10-11,13,17,29H2,2-4H3/b22-12-,26-23-/t28-/m0/s1. The van der Waals surface area contributed by atoms with Gasteiger partial charge in [-0.3, -0.25) is 9.99 Å². The van der Waals surface area contributed by atoms with Crippen molar-refractivity contribution in [2.75, 3.05) is 18.4 Å². The maximum absolute atomic E-state index is 13.8. The number of terminal acetylenes is 1. The first-order chi connectivity index (χ1) is 18.1. The molecule has 4 N–H and O–H groups in total. The quantitative estimate of drug-likeness (QED) is 0.305. The van der Waals surface area contributed by atoms with E-state index in [-0.39, 0.29) is 16.3 Å². The van der Waals surface area contributed by atoms with E-state index in [4.69, 9.17) is 18.0 Å². The molecule has 10 heteroatoms.